The summed E-state index contributed by atoms with van der Waals surface area (Å²) in [5, 5.41) is 3.60. The SMILES string of the molecule is CC(C)CNC(=O)[C@@H](C)N(Cc1ccc(Cl)c(Cl)c1)C(=O)CN(c1ccc(C23CC4CC(CC(C4)C2)C3)cc1)S(C)(=O)=O. The Morgan fingerprint density at radius 2 is 1.51 bits per heavy atom. The van der Waals surface area contributed by atoms with E-state index in [1.807, 2.05) is 26.0 Å². The molecule has 0 aliphatic heterocycles. The highest BCUT2D eigenvalue weighted by Crippen LogP contribution is 2.60. The molecule has 2 aromatic carbocycles. The summed E-state index contributed by atoms with van der Waals surface area (Å²) in [6.07, 6.45) is 8.82. The lowest BCUT2D eigenvalue weighted by atomic mass is 9.48. The lowest BCUT2D eigenvalue weighted by Gasteiger charge is -2.57. The topological polar surface area (TPSA) is 86.8 Å². The van der Waals surface area contributed by atoms with E-state index in [4.69, 9.17) is 23.2 Å². The smallest absolute Gasteiger partial charge is 0.244 e. The van der Waals surface area contributed by atoms with Crippen LogP contribution >= 0.6 is 23.2 Å². The summed E-state index contributed by atoms with van der Waals surface area (Å²) < 4.78 is 27.3. The first-order valence-corrected chi connectivity index (χ1v) is 17.9. The van der Waals surface area contributed by atoms with Crippen molar-refractivity contribution in [3.8, 4) is 0 Å². The Morgan fingerprint density at radius 1 is 0.930 bits per heavy atom. The molecule has 4 bridgehead atoms. The van der Waals surface area contributed by atoms with Gasteiger partial charge in [-0.05, 0) is 110 Å². The lowest BCUT2D eigenvalue weighted by molar-refractivity contribution is -0.139. The number of benzene rings is 2. The number of halogens is 2. The van der Waals surface area contributed by atoms with Gasteiger partial charge in [0.25, 0.3) is 0 Å². The molecule has 1 atom stereocenters. The van der Waals surface area contributed by atoms with Crippen LogP contribution in [0.25, 0.3) is 0 Å². The van der Waals surface area contributed by atoms with Gasteiger partial charge in [0.2, 0.25) is 21.8 Å². The molecule has 4 fully saturated rings. The molecule has 1 N–H and O–H groups in total. The lowest BCUT2D eigenvalue weighted by Crippen LogP contribution is -2.51. The fourth-order valence-corrected chi connectivity index (χ4v) is 9.10. The minimum absolute atomic E-state index is 0.0640. The first-order valence-electron chi connectivity index (χ1n) is 15.3. The number of sulfonamides is 1. The summed E-state index contributed by atoms with van der Waals surface area (Å²) in [5.74, 6) is 1.84. The van der Waals surface area contributed by atoms with Crippen LogP contribution < -0.4 is 9.62 Å². The third-order valence-corrected chi connectivity index (χ3v) is 11.6. The fraction of sp³-hybridized carbons (Fsp3) is 0.576. The van der Waals surface area contributed by atoms with Crippen LogP contribution in [0.1, 0.15) is 70.4 Å². The maximum Gasteiger partial charge on any atom is 0.244 e. The van der Waals surface area contributed by atoms with Gasteiger partial charge in [-0.15, -0.1) is 0 Å². The van der Waals surface area contributed by atoms with E-state index in [2.05, 4.69) is 17.4 Å². The third kappa shape index (κ3) is 7.18. The summed E-state index contributed by atoms with van der Waals surface area (Å²) in [7, 11) is -3.81. The molecule has 0 radical (unpaired) electrons. The van der Waals surface area contributed by atoms with Crippen LogP contribution in [0.3, 0.4) is 0 Å². The molecule has 43 heavy (non-hydrogen) atoms. The fourth-order valence-electron chi connectivity index (χ4n) is 7.93. The first kappa shape index (κ1) is 32.1. The van der Waals surface area contributed by atoms with Gasteiger partial charge in [0, 0.05) is 13.1 Å². The van der Waals surface area contributed by atoms with Crippen LogP contribution in [-0.2, 0) is 31.6 Å². The molecule has 0 aromatic heterocycles. The van der Waals surface area contributed by atoms with Gasteiger partial charge >= 0.3 is 0 Å². The van der Waals surface area contributed by atoms with Crippen LogP contribution in [0.2, 0.25) is 10.0 Å². The molecular weight excluding hydrogens is 605 g/mol. The molecule has 2 amide bonds. The Kier molecular flexibility index (Phi) is 9.41. The van der Waals surface area contributed by atoms with Gasteiger partial charge in [0.1, 0.15) is 12.6 Å². The number of carbonyl (C=O) groups is 2. The maximum atomic E-state index is 13.9. The van der Waals surface area contributed by atoms with Gasteiger partial charge in [0.15, 0.2) is 0 Å². The van der Waals surface area contributed by atoms with Gasteiger partial charge in [-0.3, -0.25) is 13.9 Å². The Hall–Kier alpha value is -2.29. The number of carbonyl (C=O) groups excluding carboxylic acids is 2. The summed E-state index contributed by atoms with van der Waals surface area (Å²) in [6, 6.07) is 12.0. The summed E-state index contributed by atoms with van der Waals surface area (Å²) >= 11 is 12.3. The van der Waals surface area contributed by atoms with E-state index >= 15 is 0 Å². The zero-order valence-electron chi connectivity index (χ0n) is 25.5. The summed E-state index contributed by atoms with van der Waals surface area (Å²) in [5.41, 5.74) is 2.59. The molecule has 0 spiro atoms. The van der Waals surface area contributed by atoms with Crippen molar-refractivity contribution in [2.45, 2.75) is 77.3 Å². The van der Waals surface area contributed by atoms with Gasteiger partial charge in [-0.1, -0.05) is 55.2 Å². The van der Waals surface area contributed by atoms with Crippen LogP contribution in [0, 0.1) is 23.7 Å². The number of hydrogen-bond donors (Lipinski definition) is 1. The van der Waals surface area contributed by atoms with Crippen molar-refractivity contribution in [3.63, 3.8) is 0 Å². The predicted octanol–water partition coefficient (Wildman–Crippen LogP) is 6.42. The Morgan fingerprint density at radius 3 is 2.02 bits per heavy atom. The Balaban J connectivity index is 1.38. The number of anilines is 1. The molecule has 4 aliphatic carbocycles. The molecule has 0 unspecified atom stereocenters. The predicted molar refractivity (Wildman–Crippen MR) is 173 cm³/mol. The molecular formula is C33H43Cl2N3O4S. The second-order valence-corrected chi connectivity index (χ2v) is 16.3. The molecule has 4 aliphatic rings. The quantitative estimate of drug-likeness (QED) is 0.305. The molecule has 4 saturated carbocycles. The van der Waals surface area contributed by atoms with Crippen molar-refractivity contribution < 1.29 is 18.0 Å². The van der Waals surface area contributed by atoms with Crippen LogP contribution in [-0.4, -0.2) is 50.5 Å². The largest absolute Gasteiger partial charge is 0.354 e. The molecule has 0 saturated heterocycles. The van der Waals surface area contributed by atoms with Gasteiger partial charge in [-0.25, -0.2) is 8.42 Å². The second-order valence-electron chi connectivity index (χ2n) is 13.6. The molecule has 234 valence electrons. The maximum absolute atomic E-state index is 13.9. The number of nitrogens with one attached hydrogen (secondary N) is 1. The van der Waals surface area contributed by atoms with Crippen molar-refractivity contribution in [3.05, 3.63) is 63.6 Å². The van der Waals surface area contributed by atoms with E-state index in [-0.39, 0.29) is 23.8 Å². The highest BCUT2D eigenvalue weighted by atomic mass is 35.5. The monoisotopic (exact) mass is 647 g/mol. The third-order valence-electron chi connectivity index (χ3n) is 9.67. The Labute approximate surface area is 266 Å². The standard InChI is InChI=1S/C33H43Cl2N3O4S/c1-21(2)18-36-32(40)22(3)37(19-23-5-10-29(34)30(35)14-23)31(39)20-38(43(4,41)42)28-8-6-27(7-9-28)33-15-24-11-25(16-33)13-26(12-24)17-33/h5-10,14,21-22,24-26H,11-13,15-20H2,1-4H3,(H,36,40)/t22-,24?,25?,26?,33?/m1/s1. The van der Waals surface area contributed by atoms with Crippen LogP contribution in [0.5, 0.6) is 0 Å². The molecule has 6 rings (SSSR count). The second kappa shape index (κ2) is 12.6. The van der Waals surface area contributed by atoms with E-state index in [1.165, 1.54) is 49.0 Å². The van der Waals surface area contributed by atoms with E-state index in [0.29, 0.717) is 27.8 Å². The van der Waals surface area contributed by atoms with Gasteiger partial charge in [0.05, 0.1) is 22.0 Å². The molecule has 7 nitrogen and oxygen atoms in total. The first-order chi connectivity index (χ1) is 20.2. The zero-order valence-corrected chi connectivity index (χ0v) is 27.8. The average molecular weight is 649 g/mol. The highest BCUT2D eigenvalue weighted by molar-refractivity contribution is 7.92. The van der Waals surface area contributed by atoms with Gasteiger partial charge < -0.3 is 10.2 Å². The summed E-state index contributed by atoms with van der Waals surface area (Å²) in [6.45, 7) is 5.72. The van der Waals surface area contributed by atoms with Crippen LogP contribution in [0.15, 0.2) is 42.5 Å². The normalized spacial score (nSPS) is 25.0. The van der Waals surface area contributed by atoms with E-state index in [0.717, 1.165) is 28.3 Å². The van der Waals surface area contributed by atoms with Crippen molar-refractivity contribution in [2.24, 2.45) is 23.7 Å². The van der Waals surface area contributed by atoms with E-state index in [1.54, 1.807) is 25.1 Å². The van der Waals surface area contributed by atoms with Crippen molar-refractivity contribution >= 4 is 50.7 Å². The number of nitrogens with zero attached hydrogens (tertiary/aromatic N) is 2. The van der Waals surface area contributed by atoms with Crippen LogP contribution in [0.4, 0.5) is 5.69 Å². The molecule has 10 heteroatoms. The van der Waals surface area contributed by atoms with Crippen molar-refractivity contribution in [1.82, 2.24) is 10.2 Å². The molecule has 0 heterocycles. The number of amides is 2. The van der Waals surface area contributed by atoms with Crippen molar-refractivity contribution in [1.29, 1.82) is 0 Å². The number of hydrogen-bond acceptors (Lipinski definition) is 4. The average Bonchev–Trinajstić information content (AvgIpc) is 2.93. The zero-order chi connectivity index (χ0) is 31.1. The minimum atomic E-state index is -3.81. The van der Waals surface area contributed by atoms with Gasteiger partial charge in [-0.2, -0.15) is 0 Å². The molecule has 2 aromatic rings. The highest BCUT2D eigenvalue weighted by Gasteiger charge is 2.51. The number of rotatable bonds is 11. The summed E-state index contributed by atoms with van der Waals surface area (Å²) in [4.78, 5) is 28.4. The van der Waals surface area contributed by atoms with Crippen molar-refractivity contribution in [2.75, 3.05) is 23.7 Å². The van der Waals surface area contributed by atoms with E-state index < -0.39 is 28.5 Å². The van der Waals surface area contributed by atoms with E-state index in [9.17, 15) is 18.0 Å². The minimum Gasteiger partial charge on any atom is -0.354 e. The Bertz CT molecular complexity index is 1430.